The average molecular weight is 380 g/mol. The van der Waals surface area contributed by atoms with Crippen LogP contribution in [-0.4, -0.2) is 21.0 Å². The van der Waals surface area contributed by atoms with Gasteiger partial charge in [-0.05, 0) is 41.5 Å². The van der Waals surface area contributed by atoms with Gasteiger partial charge in [-0.15, -0.1) is 0 Å². The van der Waals surface area contributed by atoms with Gasteiger partial charge in [0.25, 0.3) is 16.8 Å². The molecular formula is C20H16N2O4S. The third-order valence-corrected chi connectivity index (χ3v) is 5.01. The lowest BCUT2D eigenvalue weighted by molar-refractivity contribution is -0.384. The highest BCUT2D eigenvalue weighted by molar-refractivity contribution is 8.18. The normalized spacial score (nSPS) is 15.9. The topological polar surface area (TPSA) is 80.5 Å². The predicted molar refractivity (Wildman–Crippen MR) is 105 cm³/mol. The summed E-state index contributed by atoms with van der Waals surface area (Å²) >= 11 is 0.889. The Morgan fingerprint density at radius 3 is 2.67 bits per heavy atom. The molecule has 7 heteroatoms. The highest BCUT2D eigenvalue weighted by atomic mass is 32.2. The molecule has 0 aromatic heterocycles. The molecule has 0 saturated carbocycles. The maximum atomic E-state index is 12.5. The minimum absolute atomic E-state index is 0.00398. The van der Waals surface area contributed by atoms with Gasteiger partial charge in [0, 0.05) is 12.1 Å². The standard InChI is InChI=1S/C20H16N2O4S/c1-14-6-2-3-9-16(14)13-21-19(23)18(27-20(21)24)11-5-8-15-7-4-10-17(12-15)22(25)26/h2-12H,13H2,1H3/b8-5+,18-11-. The Hall–Kier alpha value is -3.19. The molecule has 3 rings (SSSR count). The molecule has 2 aromatic carbocycles. The zero-order chi connectivity index (χ0) is 19.4. The highest BCUT2D eigenvalue weighted by Crippen LogP contribution is 2.32. The van der Waals surface area contributed by atoms with E-state index in [0.717, 1.165) is 22.9 Å². The number of non-ortho nitro benzene ring substituents is 1. The first-order valence-electron chi connectivity index (χ1n) is 8.16. The molecule has 1 fully saturated rings. The highest BCUT2D eigenvalue weighted by Gasteiger charge is 2.34. The van der Waals surface area contributed by atoms with E-state index in [1.807, 2.05) is 31.2 Å². The molecule has 2 amide bonds. The molecule has 0 N–H and O–H groups in total. The Morgan fingerprint density at radius 1 is 1.15 bits per heavy atom. The molecule has 0 spiro atoms. The number of nitro groups is 1. The Morgan fingerprint density at radius 2 is 1.93 bits per heavy atom. The lowest BCUT2D eigenvalue weighted by Gasteiger charge is -2.14. The summed E-state index contributed by atoms with van der Waals surface area (Å²) in [6.45, 7) is 2.18. The van der Waals surface area contributed by atoms with E-state index < -0.39 is 4.92 Å². The zero-order valence-electron chi connectivity index (χ0n) is 14.5. The minimum Gasteiger partial charge on any atom is -0.268 e. The number of amides is 2. The van der Waals surface area contributed by atoms with Crippen LogP contribution in [0, 0.1) is 17.0 Å². The number of carbonyl (C=O) groups is 2. The van der Waals surface area contributed by atoms with Gasteiger partial charge < -0.3 is 0 Å². The Labute approximate surface area is 160 Å². The number of benzene rings is 2. The molecule has 0 radical (unpaired) electrons. The van der Waals surface area contributed by atoms with Crippen molar-refractivity contribution in [1.29, 1.82) is 0 Å². The molecule has 0 unspecified atom stereocenters. The van der Waals surface area contributed by atoms with Crippen LogP contribution in [0.1, 0.15) is 16.7 Å². The molecule has 1 saturated heterocycles. The van der Waals surface area contributed by atoms with Crippen LogP contribution < -0.4 is 0 Å². The summed E-state index contributed by atoms with van der Waals surface area (Å²) in [5.74, 6) is -0.336. The monoisotopic (exact) mass is 380 g/mol. The largest absolute Gasteiger partial charge is 0.293 e. The van der Waals surface area contributed by atoms with Crippen LogP contribution in [-0.2, 0) is 11.3 Å². The lowest BCUT2D eigenvalue weighted by atomic mass is 10.1. The number of hydrogen-bond acceptors (Lipinski definition) is 5. The van der Waals surface area contributed by atoms with Gasteiger partial charge in [0.1, 0.15) is 0 Å². The fraction of sp³-hybridized carbons (Fsp3) is 0.100. The number of nitrogens with zero attached hydrogens (tertiary/aromatic N) is 2. The number of imide groups is 1. The van der Waals surface area contributed by atoms with Gasteiger partial charge >= 0.3 is 0 Å². The molecule has 1 aliphatic rings. The average Bonchev–Trinajstić information content (AvgIpc) is 2.91. The fourth-order valence-electron chi connectivity index (χ4n) is 2.60. The third kappa shape index (κ3) is 4.32. The second-order valence-electron chi connectivity index (χ2n) is 5.93. The van der Waals surface area contributed by atoms with Crippen molar-refractivity contribution in [1.82, 2.24) is 4.90 Å². The van der Waals surface area contributed by atoms with Gasteiger partial charge in [-0.3, -0.25) is 24.6 Å². The van der Waals surface area contributed by atoms with Crippen molar-refractivity contribution in [2.75, 3.05) is 0 Å². The van der Waals surface area contributed by atoms with Gasteiger partial charge in [0.2, 0.25) is 0 Å². The van der Waals surface area contributed by atoms with E-state index in [-0.39, 0.29) is 23.4 Å². The first-order chi connectivity index (χ1) is 13.0. The van der Waals surface area contributed by atoms with Crippen molar-refractivity contribution < 1.29 is 14.5 Å². The van der Waals surface area contributed by atoms with Crippen LogP contribution in [0.15, 0.2) is 65.6 Å². The van der Waals surface area contributed by atoms with Crippen LogP contribution in [0.3, 0.4) is 0 Å². The Kier molecular flexibility index (Phi) is 5.52. The number of carbonyl (C=O) groups excluding carboxylic acids is 2. The fourth-order valence-corrected chi connectivity index (χ4v) is 3.39. The summed E-state index contributed by atoms with van der Waals surface area (Å²) < 4.78 is 0. The molecule has 6 nitrogen and oxygen atoms in total. The number of nitro benzene ring substituents is 1. The molecule has 0 bridgehead atoms. The Bertz CT molecular complexity index is 981. The first kappa shape index (κ1) is 18.6. The minimum atomic E-state index is -0.464. The van der Waals surface area contributed by atoms with E-state index >= 15 is 0 Å². The number of allylic oxidation sites excluding steroid dienone is 2. The maximum absolute atomic E-state index is 12.5. The molecule has 0 aliphatic carbocycles. The predicted octanol–water partition coefficient (Wildman–Crippen LogP) is 4.70. The van der Waals surface area contributed by atoms with Crippen LogP contribution in [0.4, 0.5) is 10.5 Å². The third-order valence-electron chi connectivity index (χ3n) is 4.08. The van der Waals surface area contributed by atoms with Crippen molar-refractivity contribution in [3.8, 4) is 0 Å². The number of thioether (sulfide) groups is 1. The van der Waals surface area contributed by atoms with Crippen molar-refractivity contribution in [2.24, 2.45) is 0 Å². The molecule has 1 aliphatic heterocycles. The number of rotatable bonds is 5. The molecule has 27 heavy (non-hydrogen) atoms. The van der Waals surface area contributed by atoms with E-state index in [4.69, 9.17) is 0 Å². The van der Waals surface area contributed by atoms with Crippen LogP contribution in [0.2, 0.25) is 0 Å². The quantitative estimate of drug-likeness (QED) is 0.427. The Balaban J connectivity index is 1.73. The van der Waals surface area contributed by atoms with E-state index in [1.165, 1.54) is 17.0 Å². The summed E-state index contributed by atoms with van der Waals surface area (Å²) in [6.07, 6.45) is 4.83. The van der Waals surface area contributed by atoms with E-state index in [2.05, 4.69) is 0 Å². The van der Waals surface area contributed by atoms with Gasteiger partial charge in [-0.1, -0.05) is 48.6 Å². The summed E-state index contributed by atoms with van der Waals surface area (Å²) in [7, 11) is 0. The second kappa shape index (κ2) is 8.01. The van der Waals surface area contributed by atoms with Crippen molar-refractivity contribution in [2.45, 2.75) is 13.5 Å². The van der Waals surface area contributed by atoms with Crippen LogP contribution in [0.25, 0.3) is 6.08 Å². The van der Waals surface area contributed by atoms with E-state index in [9.17, 15) is 19.7 Å². The van der Waals surface area contributed by atoms with Crippen molar-refractivity contribution in [3.05, 3.63) is 92.4 Å². The van der Waals surface area contributed by atoms with Gasteiger partial charge in [0.05, 0.1) is 16.4 Å². The van der Waals surface area contributed by atoms with Gasteiger partial charge in [-0.2, -0.15) is 0 Å². The van der Waals surface area contributed by atoms with E-state index in [0.29, 0.717) is 10.5 Å². The molecule has 136 valence electrons. The number of aryl methyl sites for hydroxylation is 1. The molecule has 2 aromatic rings. The van der Waals surface area contributed by atoms with E-state index in [1.54, 1.807) is 30.4 Å². The summed E-state index contributed by atoms with van der Waals surface area (Å²) in [5.41, 5.74) is 2.58. The molecule has 0 atom stereocenters. The second-order valence-corrected chi connectivity index (χ2v) is 6.92. The molecule has 1 heterocycles. The number of hydrogen-bond donors (Lipinski definition) is 0. The summed E-state index contributed by atoms with van der Waals surface area (Å²) in [5, 5.41) is 10.5. The van der Waals surface area contributed by atoms with Gasteiger partial charge in [-0.25, -0.2) is 0 Å². The summed E-state index contributed by atoms with van der Waals surface area (Å²) in [4.78, 5) is 36.6. The molecular weight excluding hydrogens is 364 g/mol. The van der Waals surface area contributed by atoms with Crippen LogP contribution >= 0.6 is 11.8 Å². The van der Waals surface area contributed by atoms with Crippen LogP contribution in [0.5, 0.6) is 0 Å². The maximum Gasteiger partial charge on any atom is 0.293 e. The summed E-state index contributed by atoms with van der Waals surface area (Å²) in [6, 6.07) is 13.8. The van der Waals surface area contributed by atoms with Gasteiger partial charge in [0.15, 0.2) is 0 Å². The first-order valence-corrected chi connectivity index (χ1v) is 8.98. The lowest BCUT2D eigenvalue weighted by Crippen LogP contribution is -2.27. The smallest absolute Gasteiger partial charge is 0.268 e. The zero-order valence-corrected chi connectivity index (χ0v) is 15.3. The van der Waals surface area contributed by atoms with Crippen molar-refractivity contribution >= 4 is 34.7 Å². The SMILES string of the molecule is Cc1ccccc1CN1C(=O)S/C(=C\C=C\c2cccc([N+](=O)[O-])c2)C1=O. The van der Waals surface area contributed by atoms with Crippen molar-refractivity contribution in [3.63, 3.8) is 0 Å².